The highest BCUT2D eigenvalue weighted by atomic mass is 16.5. The molecule has 1 aliphatic carbocycles. The third-order valence-corrected chi connectivity index (χ3v) is 3.92. The van der Waals surface area contributed by atoms with Crippen molar-refractivity contribution in [1.29, 1.82) is 0 Å². The quantitative estimate of drug-likeness (QED) is 0.811. The fraction of sp³-hybridized carbons (Fsp3) is 0.500. The molecule has 1 aliphatic rings. The Labute approximate surface area is 118 Å². The van der Waals surface area contributed by atoms with Gasteiger partial charge in [0, 0.05) is 0 Å². The van der Waals surface area contributed by atoms with Gasteiger partial charge in [-0.15, -0.1) is 0 Å². The predicted molar refractivity (Wildman–Crippen MR) is 73.9 cm³/mol. The van der Waals surface area contributed by atoms with Crippen LogP contribution < -0.4 is 0 Å². The van der Waals surface area contributed by atoms with Crippen LogP contribution in [-0.4, -0.2) is 17.0 Å². The zero-order valence-electron chi connectivity index (χ0n) is 11.5. The van der Waals surface area contributed by atoms with E-state index in [4.69, 9.17) is 4.74 Å². The Hall–Kier alpha value is -1.84. The van der Waals surface area contributed by atoms with Gasteiger partial charge in [-0.3, -0.25) is 9.59 Å². The van der Waals surface area contributed by atoms with Crippen molar-refractivity contribution in [2.75, 3.05) is 0 Å². The van der Waals surface area contributed by atoms with E-state index in [0.29, 0.717) is 0 Å². The molecule has 0 bridgehead atoms. The molecule has 20 heavy (non-hydrogen) atoms. The van der Waals surface area contributed by atoms with Crippen molar-refractivity contribution in [3.63, 3.8) is 0 Å². The minimum Gasteiger partial charge on any atom is -0.481 e. The fourth-order valence-electron chi connectivity index (χ4n) is 2.79. The SMILES string of the molecule is O=C(C[C@H](C(=O)O)C1CCCC1)OCc1ccccc1. The first-order valence-electron chi connectivity index (χ1n) is 7.09. The van der Waals surface area contributed by atoms with Gasteiger partial charge < -0.3 is 9.84 Å². The molecule has 0 unspecified atom stereocenters. The van der Waals surface area contributed by atoms with Crippen LogP contribution in [0.3, 0.4) is 0 Å². The maximum Gasteiger partial charge on any atom is 0.307 e. The molecule has 1 atom stereocenters. The smallest absolute Gasteiger partial charge is 0.307 e. The molecule has 0 spiro atoms. The lowest BCUT2D eigenvalue weighted by Crippen LogP contribution is -2.25. The van der Waals surface area contributed by atoms with Crippen molar-refractivity contribution >= 4 is 11.9 Å². The second-order valence-electron chi connectivity index (χ2n) is 5.34. The largest absolute Gasteiger partial charge is 0.481 e. The number of hydrogen-bond acceptors (Lipinski definition) is 3. The number of carbonyl (C=O) groups excluding carboxylic acids is 1. The zero-order chi connectivity index (χ0) is 14.4. The molecule has 0 aromatic heterocycles. The molecular weight excluding hydrogens is 256 g/mol. The average molecular weight is 276 g/mol. The second-order valence-corrected chi connectivity index (χ2v) is 5.34. The summed E-state index contributed by atoms with van der Waals surface area (Å²) in [6.07, 6.45) is 3.92. The first-order valence-corrected chi connectivity index (χ1v) is 7.09. The average Bonchev–Trinajstić information content (AvgIpc) is 2.97. The highest BCUT2D eigenvalue weighted by molar-refractivity contribution is 5.79. The summed E-state index contributed by atoms with van der Waals surface area (Å²) in [6.45, 7) is 0.205. The highest BCUT2D eigenvalue weighted by Crippen LogP contribution is 2.33. The third kappa shape index (κ3) is 4.08. The van der Waals surface area contributed by atoms with Crippen molar-refractivity contribution in [2.24, 2.45) is 11.8 Å². The Kier molecular flexibility index (Phi) is 5.16. The first kappa shape index (κ1) is 14.6. The Morgan fingerprint density at radius 2 is 1.85 bits per heavy atom. The number of carbonyl (C=O) groups is 2. The molecule has 4 heteroatoms. The van der Waals surface area contributed by atoms with Crippen molar-refractivity contribution < 1.29 is 19.4 Å². The summed E-state index contributed by atoms with van der Waals surface area (Å²) in [7, 11) is 0. The van der Waals surface area contributed by atoms with Gasteiger partial charge in [-0.2, -0.15) is 0 Å². The van der Waals surface area contributed by atoms with Crippen LogP contribution in [0.25, 0.3) is 0 Å². The molecule has 1 saturated carbocycles. The lowest BCUT2D eigenvalue weighted by molar-refractivity contribution is -0.154. The van der Waals surface area contributed by atoms with Gasteiger partial charge in [-0.05, 0) is 24.3 Å². The number of carboxylic acid groups (broad SMARTS) is 1. The van der Waals surface area contributed by atoms with E-state index < -0.39 is 17.9 Å². The molecule has 1 N–H and O–H groups in total. The van der Waals surface area contributed by atoms with Crippen LogP contribution in [0, 0.1) is 11.8 Å². The maximum absolute atomic E-state index is 11.8. The van der Waals surface area contributed by atoms with Gasteiger partial charge in [-0.25, -0.2) is 0 Å². The summed E-state index contributed by atoms with van der Waals surface area (Å²) in [4.78, 5) is 23.1. The van der Waals surface area contributed by atoms with Gasteiger partial charge in [0.1, 0.15) is 6.61 Å². The predicted octanol–water partition coefficient (Wildman–Crippen LogP) is 3.01. The van der Waals surface area contributed by atoms with Crippen LogP contribution in [0.15, 0.2) is 30.3 Å². The van der Waals surface area contributed by atoms with Crippen LogP contribution >= 0.6 is 0 Å². The number of benzene rings is 1. The summed E-state index contributed by atoms with van der Waals surface area (Å²) in [5, 5.41) is 9.26. The number of ether oxygens (including phenoxy) is 1. The highest BCUT2D eigenvalue weighted by Gasteiger charge is 2.32. The monoisotopic (exact) mass is 276 g/mol. The van der Waals surface area contributed by atoms with Crippen LogP contribution in [0.2, 0.25) is 0 Å². The molecule has 2 rings (SSSR count). The molecule has 4 nitrogen and oxygen atoms in total. The minimum absolute atomic E-state index is 0.0210. The minimum atomic E-state index is -0.881. The summed E-state index contributed by atoms with van der Waals surface area (Å²) in [5.74, 6) is -1.78. The number of carboxylic acids is 1. The van der Waals surface area contributed by atoms with E-state index >= 15 is 0 Å². The molecule has 0 heterocycles. The topological polar surface area (TPSA) is 63.6 Å². The molecule has 0 aliphatic heterocycles. The summed E-state index contributed by atoms with van der Waals surface area (Å²) in [5.41, 5.74) is 0.911. The van der Waals surface area contributed by atoms with Crippen molar-refractivity contribution in [1.82, 2.24) is 0 Å². The molecule has 0 saturated heterocycles. The molecule has 1 aromatic carbocycles. The van der Waals surface area contributed by atoms with E-state index in [-0.39, 0.29) is 18.9 Å². The molecule has 1 aromatic rings. The number of hydrogen-bond donors (Lipinski definition) is 1. The maximum atomic E-state index is 11.8. The summed E-state index contributed by atoms with van der Waals surface area (Å²) in [6, 6.07) is 9.40. The van der Waals surface area contributed by atoms with E-state index in [2.05, 4.69) is 0 Å². The molecule has 0 amide bonds. The van der Waals surface area contributed by atoms with Gasteiger partial charge in [0.25, 0.3) is 0 Å². The molecule has 108 valence electrons. The second kappa shape index (κ2) is 7.08. The first-order chi connectivity index (χ1) is 9.66. The number of esters is 1. The van der Waals surface area contributed by atoms with Gasteiger partial charge in [-0.1, -0.05) is 43.2 Å². The zero-order valence-corrected chi connectivity index (χ0v) is 11.5. The number of aliphatic carboxylic acids is 1. The summed E-state index contributed by atoms with van der Waals surface area (Å²) >= 11 is 0. The van der Waals surface area contributed by atoms with Crippen molar-refractivity contribution in [3.8, 4) is 0 Å². The molecular formula is C16H20O4. The van der Waals surface area contributed by atoms with Gasteiger partial charge in [0.05, 0.1) is 12.3 Å². The Balaban J connectivity index is 1.84. The van der Waals surface area contributed by atoms with E-state index in [0.717, 1.165) is 31.2 Å². The Bertz CT molecular complexity index is 449. The lowest BCUT2D eigenvalue weighted by Gasteiger charge is -2.18. The van der Waals surface area contributed by atoms with E-state index in [1.165, 1.54) is 0 Å². The van der Waals surface area contributed by atoms with E-state index in [1.54, 1.807) is 0 Å². The lowest BCUT2D eigenvalue weighted by atomic mass is 9.88. The van der Waals surface area contributed by atoms with Crippen molar-refractivity contribution in [2.45, 2.75) is 38.7 Å². The standard InChI is InChI=1S/C16H20O4/c17-15(20-11-12-6-2-1-3-7-12)10-14(16(18)19)13-8-4-5-9-13/h1-3,6-7,13-14H,4-5,8-11H2,(H,18,19)/t14-/m0/s1. The molecule has 0 radical (unpaired) electrons. The van der Waals surface area contributed by atoms with Crippen LogP contribution in [0.5, 0.6) is 0 Å². The van der Waals surface area contributed by atoms with Gasteiger partial charge in [0.2, 0.25) is 0 Å². The summed E-state index contributed by atoms with van der Waals surface area (Å²) < 4.78 is 5.17. The normalized spacial score (nSPS) is 16.8. The Morgan fingerprint density at radius 1 is 1.20 bits per heavy atom. The van der Waals surface area contributed by atoms with Crippen LogP contribution in [-0.2, 0) is 20.9 Å². The van der Waals surface area contributed by atoms with E-state index in [9.17, 15) is 14.7 Å². The van der Waals surface area contributed by atoms with Crippen LogP contribution in [0.4, 0.5) is 0 Å². The van der Waals surface area contributed by atoms with Crippen LogP contribution in [0.1, 0.15) is 37.7 Å². The number of rotatable bonds is 6. The van der Waals surface area contributed by atoms with Crippen molar-refractivity contribution in [3.05, 3.63) is 35.9 Å². The third-order valence-electron chi connectivity index (χ3n) is 3.92. The van der Waals surface area contributed by atoms with E-state index in [1.807, 2.05) is 30.3 Å². The van der Waals surface area contributed by atoms with Gasteiger partial charge in [0.15, 0.2) is 0 Å². The Morgan fingerprint density at radius 3 is 2.45 bits per heavy atom. The molecule has 1 fully saturated rings. The van der Waals surface area contributed by atoms with Gasteiger partial charge >= 0.3 is 11.9 Å². The fourth-order valence-corrected chi connectivity index (χ4v) is 2.79.